The highest BCUT2D eigenvalue weighted by atomic mass is 16.3. The SMILES string of the molecule is N#CC=C1[C@@H]2CC3C[C@H]1CC(O)(C3)C2. The van der Waals surface area contributed by atoms with E-state index in [2.05, 4.69) is 6.07 Å². The molecule has 0 saturated heterocycles. The summed E-state index contributed by atoms with van der Waals surface area (Å²) >= 11 is 0. The summed E-state index contributed by atoms with van der Waals surface area (Å²) in [5, 5.41) is 19.0. The van der Waals surface area contributed by atoms with Crippen molar-refractivity contribution in [1.29, 1.82) is 5.26 Å². The molecule has 4 rings (SSSR count). The summed E-state index contributed by atoms with van der Waals surface area (Å²) in [4.78, 5) is 0. The lowest BCUT2D eigenvalue weighted by atomic mass is 9.52. The lowest BCUT2D eigenvalue weighted by Gasteiger charge is -2.55. The number of aliphatic hydroxyl groups is 1. The molecule has 14 heavy (non-hydrogen) atoms. The van der Waals surface area contributed by atoms with Crippen LogP contribution in [0.3, 0.4) is 0 Å². The van der Waals surface area contributed by atoms with Gasteiger partial charge in [0.15, 0.2) is 0 Å². The largest absolute Gasteiger partial charge is 0.390 e. The maximum Gasteiger partial charge on any atom is 0.0911 e. The van der Waals surface area contributed by atoms with Crippen LogP contribution < -0.4 is 0 Å². The van der Waals surface area contributed by atoms with E-state index in [0.29, 0.717) is 11.8 Å². The standard InChI is InChI=1S/C12H15NO/c13-2-1-11-9-3-8-4-10(11)7-12(14,5-8)6-9/h1,8-10,14H,3-7H2/t8?,9-,10+,12?. The van der Waals surface area contributed by atoms with E-state index < -0.39 is 0 Å². The van der Waals surface area contributed by atoms with Gasteiger partial charge in [0, 0.05) is 6.08 Å². The fourth-order valence-corrected chi connectivity index (χ4v) is 4.09. The van der Waals surface area contributed by atoms with Crippen molar-refractivity contribution in [2.45, 2.75) is 37.7 Å². The topological polar surface area (TPSA) is 44.0 Å². The molecule has 2 heteroatoms. The smallest absolute Gasteiger partial charge is 0.0911 e. The minimum atomic E-state index is -0.372. The Labute approximate surface area is 84.2 Å². The summed E-state index contributed by atoms with van der Waals surface area (Å²) in [5.74, 6) is 1.77. The van der Waals surface area contributed by atoms with Gasteiger partial charge >= 0.3 is 0 Å². The lowest BCUT2D eigenvalue weighted by molar-refractivity contribution is -0.0998. The number of allylic oxidation sites excluding steroid dienone is 2. The van der Waals surface area contributed by atoms with E-state index in [1.54, 1.807) is 6.08 Å². The minimum absolute atomic E-state index is 0.372. The highest BCUT2D eigenvalue weighted by Gasteiger charge is 2.52. The van der Waals surface area contributed by atoms with Gasteiger partial charge < -0.3 is 5.11 Å². The molecule has 4 fully saturated rings. The molecule has 74 valence electrons. The van der Waals surface area contributed by atoms with Crippen molar-refractivity contribution in [2.24, 2.45) is 17.8 Å². The normalized spacial score (nSPS) is 52.3. The first-order chi connectivity index (χ1) is 6.70. The summed E-state index contributed by atoms with van der Waals surface area (Å²) in [7, 11) is 0. The molecule has 2 nitrogen and oxygen atoms in total. The second kappa shape index (κ2) is 2.61. The highest BCUT2D eigenvalue weighted by Crippen LogP contribution is 2.57. The van der Waals surface area contributed by atoms with Crippen LogP contribution in [-0.4, -0.2) is 10.7 Å². The van der Waals surface area contributed by atoms with Crippen LogP contribution in [0.15, 0.2) is 11.6 Å². The maximum absolute atomic E-state index is 10.3. The Bertz CT molecular complexity index is 321. The Balaban J connectivity index is 1.97. The van der Waals surface area contributed by atoms with Crippen LogP contribution in [0.25, 0.3) is 0 Å². The van der Waals surface area contributed by atoms with Crippen LogP contribution >= 0.6 is 0 Å². The molecule has 0 aromatic heterocycles. The zero-order chi connectivity index (χ0) is 9.76. The van der Waals surface area contributed by atoms with Crippen molar-refractivity contribution in [3.8, 4) is 6.07 Å². The van der Waals surface area contributed by atoms with E-state index in [4.69, 9.17) is 5.26 Å². The Hall–Kier alpha value is -0.810. The molecule has 4 saturated carbocycles. The van der Waals surface area contributed by atoms with Crippen molar-refractivity contribution < 1.29 is 5.11 Å². The third-order valence-electron chi connectivity index (χ3n) is 4.33. The fourth-order valence-electron chi connectivity index (χ4n) is 4.09. The maximum atomic E-state index is 10.3. The average molecular weight is 189 g/mol. The highest BCUT2D eigenvalue weighted by molar-refractivity contribution is 5.27. The molecule has 4 atom stereocenters. The van der Waals surface area contributed by atoms with Gasteiger partial charge in [-0.1, -0.05) is 5.57 Å². The van der Waals surface area contributed by atoms with E-state index >= 15 is 0 Å². The molecule has 2 unspecified atom stereocenters. The molecule has 0 radical (unpaired) electrons. The molecule has 0 spiro atoms. The van der Waals surface area contributed by atoms with Crippen molar-refractivity contribution in [3.05, 3.63) is 11.6 Å². The zero-order valence-electron chi connectivity index (χ0n) is 8.24. The molecule has 0 aromatic rings. The molecular formula is C12H15NO. The first-order valence-corrected chi connectivity index (χ1v) is 5.52. The third-order valence-corrected chi connectivity index (χ3v) is 4.33. The predicted octanol–water partition coefficient (Wildman–Crippen LogP) is 2.01. The number of hydrogen-bond donors (Lipinski definition) is 1. The van der Waals surface area contributed by atoms with Gasteiger partial charge in [0.1, 0.15) is 0 Å². The number of hydrogen-bond acceptors (Lipinski definition) is 2. The van der Waals surface area contributed by atoms with Crippen LogP contribution in [0.2, 0.25) is 0 Å². The molecule has 4 bridgehead atoms. The quantitative estimate of drug-likeness (QED) is 0.592. The third kappa shape index (κ3) is 1.05. The van der Waals surface area contributed by atoms with Crippen LogP contribution in [0.4, 0.5) is 0 Å². The summed E-state index contributed by atoms with van der Waals surface area (Å²) in [6, 6.07) is 2.16. The molecule has 0 aliphatic heterocycles. The van der Waals surface area contributed by atoms with Crippen LogP contribution in [0.5, 0.6) is 0 Å². The van der Waals surface area contributed by atoms with Gasteiger partial charge in [0.25, 0.3) is 0 Å². The Morgan fingerprint density at radius 3 is 2.43 bits per heavy atom. The number of rotatable bonds is 0. The van der Waals surface area contributed by atoms with Crippen molar-refractivity contribution >= 4 is 0 Å². The van der Waals surface area contributed by atoms with Crippen LogP contribution in [0, 0.1) is 29.1 Å². The van der Waals surface area contributed by atoms with E-state index in [-0.39, 0.29) is 5.60 Å². The number of nitriles is 1. The molecule has 0 amide bonds. The average Bonchev–Trinajstić information content (AvgIpc) is 2.08. The number of nitrogens with zero attached hydrogens (tertiary/aromatic N) is 1. The molecule has 1 N–H and O–H groups in total. The lowest BCUT2D eigenvalue weighted by Crippen LogP contribution is -2.51. The van der Waals surface area contributed by atoms with Gasteiger partial charge in [-0.25, -0.2) is 0 Å². The van der Waals surface area contributed by atoms with Crippen molar-refractivity contribution in [1.82, 2.24) is 0 Å². The van der Waals surface area contributed by atoms with Crippen LogP contribution in [0.1, 0.15) is 32.1 Å². The second-order valence-electron chi connectivity index (χ2n) is 5.34. The molecule has 0 heterocycles. The van der Waals surface area contributed by atoms with Gasteiger partial charge in [-0.15, -0.1) is 0 Å². The molecule has 4 aliphatic carbocycles. The first kappa shape index (κ1) is 8.49. The fraction of sp³-hybridized carbons (Fsp3) is 0.750. The van der Waals surface area contributed by atoms with Gasteiger partial charge in [0.2, 0.25) is 0 Å². The van der Waals surface area contributed by atoms with Crippen molar-refractivity contribution in [3.63, 3.8) is 0 Å². The summed E-state index contributed by atoms with van der Waals surface area (Å²) < 4.78 is 0. The molecule has 4 aliphatic rings. The molecular weight excluding hydrogens is 174 g/mol. The summed E-state index contributed by atoms with van der Waals surface area (Å²) in [6.07, 6.45) is 7.01. The monoisotopic (exact) mass is 189 g/mol. The Morgan fingerprint density at radius 1 is 1.29 bits per heavy atom. The van der Waals surface area contributed by atoms with Gasteiger partial charge in [-0.3, -0.25) is 0 Å². The zero-order valence-corrected chi connectivity index (χ0v) is 8.24. The summed E-state index contributed by atoms with van der Waals surface area (Å²) in [6.45, 7) is 0. The van der Waals surface area contributed by atoms with E-state index in [9.17, 15) is 5.11 Å². The Kier molecular flexibility index (Phi) is 1.58. The summed E-state index contributed by atoms with van der Waals surface area (Å²) in [5.41, 5.74) is 0.969. The van der Waals surface area contributed by atoms with E-state index in [0.717, 1.165) is 25.2 Å². The van der Waals surface area contributed by atoms with Gasteiger partial charge in [-0.2, -0.15) is 5.26 Å². The van der Waals surface area contributed by atoms with E-state index in [1.807, 2.05) is 0 Å². The minimum Gasteiger partial charge on any atom is -0.390 e. The van der Waals surface area contributed by atoms with Gasteiger partial charge in [0.05, 0.1) is 11.7 Å². The first-order valence-electron chi connectivity index (χ1n) is 5.52. The Morgan fingerprint density at radius 2 is 1.93 bits per heavy atom. The van der Waals surface area contributed by atoms with E-state index in [1.165, 1.54) is 18.4 Å². The molecule has 0 aromatic carbocycles. The predicted molar refractivity (Wildman–Crippen MR) is 52.2 cm³/mol. The van der Waals surface area contributed by atoms with Gasteiger partial charge in [-0.05, 0) is 49.9 Å². The van der Waals surface area contributed by atoms with Crippen LogP contribution in [-0.2, 0) is 0 Å². The second-order valence-corrected chi connectivity index (χ2v) is 5.34. The van der Waals surface area contributed by atoms with Crippen molar-refractivity contribution in [2.75, 3.05) is 0 Å².